The number of allylic oxidation sites excluding steroid dienone is 2. The minimum absolute atomic E-state index is 1.10. The summed E-state index contributed by atoms with van der Waals surface area (Å²) in [6, 6.07) is 67.1. The quantitative estimate of drug-likeness (QED) is 0.158. The van der Waals surface area contributed by atoms with E-state index in [1.807, 2.05) is 0 Å². The van der Waals surface area contributed by atoms with Crippen LogP contribution in [0.15, 0.2) is 188 Å². The standard InChI is InChI=1S/C52H39N/c1-3-13-38(14-4-1)52-35-44(29-31-51(52)47-21-11-20-46-49-30-26-39-15-9-10-19-45(39)48(49)32-33-50(46)47)53(42-17-5-2-6-18-42)43-27-24-37(25-28-43)41-23-22-36-12-7-8-16-40(36)34-41/h2,5-13,15-35H,1,3-4,14H2. The highest BCUT2D eigenvalue weighted by molar-refractivity contribution is 6.19. The zero-order valence-electron chi connectivity index (χ0n) is 29.7. The molecule has 0 heterocycles. The van der Waals surface area contributed by atoms with Crippen molar-refractivity contribution in [3.8, 4) is 22.3 Å². The molecule has 0 bridgehead atoms. The van der Waals surface area contributed by atoms with Gasteiger partial charge in [0, 0.05) is 17.1 Å². The summed E-state index contributed by atoms with van der Waals surface area (Å²) in [5.41, 5.74) is 11.3. The van der Waals surface area contributed by atoms with E-state index in [1.165, 1.54) is 89.3 Å². The topological polar surface area (TPSA) is 3.24 Å². The summed E-state index contributed by atoms with van der Waals surface area (Å²) >= 11 is 0. The first-order chi connectivity index (χ1) is 26.3. The highest BCUT2D eigenvalue weighted by atomic mass is 15.1. The second-order valence-corrected chi connectivity index (χ2v) is 14.3. The van der Waals surface area contributed by atoms with Crippen molar-refractivity contribution >= 4 is 65.7 Å². The van der Waals surface area contributed by atoms with E-state index < -0.39 is 0 Å². The van der Waals surface area contributed by atoms with Gasteiger partial charge in [-0.1, -0.05) is 146 Å². The number of rotatable bonds is 6. The smallest absolute Gasteiger partial charge is 0.0468 e. The highest BCUT2D eigenvalue weighted by Crippen LogP contribution is 2.44. The summed E-state index contributed by atoms with van der Waals surface area (Å²) in [6.45, 7) is 0. The fourth-order valence-electron chi connectivity index (χ4n) is 8.54. The molecule has 0 fully saturated rings. The third-order valence-electron chi connectivity index (χ3n) is 11.2. The number of fused-ring (bicyclic) bond motifs is 6. The average Bonchev–Trinajstić information content (AvgIpc) is 3.24. The van der Waals surface area contributed by atoms with Gasteiger partial charge < -0.3 is 4.90 Å². The van der Waals surface area contributed by atoms with E-state index in [9.17, 15) is 0 Å². The molecule has 0 radical (unpaired) electrons. The van der Waals surface area contributed by atoms with Crippen LogP contribution < -0.4 is 4.90 Å². The van der Waals surface area contributed by atoms with Gasteiger partial charge in [-0.15, -0.1) is 0 Å². The second-order valence-electron chi connectivity index (χ2n) is 14.3. The first-order valence-corrected chi connectivity index (χ1v) is 18.9. The molecule has 252 valence electrons. The highest BCUT2D eigenvalue weighted by Gasteiger charge is 2.20. The van der Waals surface area contributed by atoms with E-state index in [0.29, 0.717) is 0 Å². The predicted molar refractivity (Wildman–Crippen MR) is 228 cm³/mol. The van der Waals surface area contributed by atoms with Crippen molar-refractivity contribution in [1.29, 1.82) is 0 Å². The van der Waals surface area contributed by atoms with Crippen molar-refractivity contribution in [2.45, 2.75) is 25.7 Å². The van der Waals surface area contributed by atoms with Gasteiger partial charge in [-0.3, -0.25) is 0 Å². The van der Waals surface area contributed by atoms with Gasteiger partial charge in [-0.2, -0.15) is 0 Å². The van der Waals surface area contributed by atoms with Gasteiger partial charge in [0.15, 0.2) is 0 Å². The van der Waals surface area contributed by atoms with Crippen LogP contribution in [0.1, 0.15) is 31.2 Å². The maximum absolute atomic E-state index is 2.49. The Hall–Kier alpha value is -6.44. The van der Waals surface area contributed by atoms with Crippen molar-refractivity contribution in [3.05, 3.63) is 194 Å². The molecule has 0 aromatic heterocycles. The Morgan fingerprint density at radius 1 is 0.340 bits per heavy atom. The van der Waals surface area contributed by atoms with E-state index in [0.717, 1.165) is 29.9 Å². The van der Waals surface area contributed by atoms with Crippen molar-refractivity contribution in [2.24, 2.45) is 0 Å². The molecule has 0 atom stereocenters. The number of benzene rings is 9. The maximum Gasteiger partial charge on any atom is 0.0468 e. The zero-order valence-corrected chi connectivity index (χ0v) is 29.7. The average molecular weight is 678 g/mol. The van der Waals surface area contributed by atoms with E-state index in [4.69, 9.17) is 0 Å². The summed E-state index contributed by atoms with van der Waals surface area (Å²) in [6.07, 6.45) is 7.20. The lowest BCUT2D eigenvalue weighted by Crippen LogP contribution is -2.10. The van der Waals surface area contributed by atoms with Gasteiger partial charge in [-0.05, 0) is 145 Å². The number of para-hydroxylation sites is 1. The number of hydrogen-bond donors (Lipinski definition) is 0. The van der Waals surface area contributed by atoms with Crippen LogP contribution in [0.5, 0.6) is 0 Å². The van der Waals surface area contributed by atoms with E-state index in [2.05, 4.69) is 193 Å². The largest absolute Gasteiger partial charge is 0.310 e. The van der Waals surface area contributed by atoms with Crippen LogP contribution in [-0.2, 0) is 0 Å². The lowest BCUT2D eigenvalue weighted by Gasteiger charge is -2.28. The van der Waals surface area contributed by atoms with Gasteiger partial charge in [-0.25, -0.2) is 0 Å². The first kappa shape index (κ1) is 31.3. The Morgan fingerprint density at radius 2 is 0.981 bits per heavy atom. The summed E-state index contributed by atoms with van der Waals surface area (Å²) in [5.74, 6) is 0. The summed E-state index contributed by atoms with van der Waals surface area (Å²) in [5, 5.41) is 10.3. The lowest BCUT2D eigenvalue weighted by atomic mass is 9.85. The third-order valence-corrected chi connectivity index (χ3v) is 11.2. The van der Waals surface area contributed by atoms with Crippen molar-refractivity contribution in [2.75, 3.05) is 4.90 Å². The molecule has 0 amide bonds. The summed E-state index contributed by atoms with van der Waals surface area (Å²) in [4.78, 5) is 2.41. The summed E-state index contributed by atoms with van der Waals surface area (Å²) in [7, 11) is 0. The van der Waals surface area contributed by atoms with Crippen LogP contribution in [0, 0.1) is 0 Å². The first-order valence-electron chi connectivity index (χ1n) is 18.9. The maximum atomic E-state index is 2.49. The monoisotopic (exact) mass is 677 g/mol. The molecule has 0 N–H and O–H groups in total. The Labute approximate surface area is 311 Å². The van der Waals surface area contributed by atoms with Crippen LogP contribution >= 0.6 is 0 Å². The van der Waals surface area contributed by atoms with Crippen LogP contribution in [0.2, 0.25) is 0 Å². The minimum atomic E-state index is 1.10. The molecule has 0 saturated carbocycles. The molecule has 10 rings (SSSR count). The molecular weight excluding hydrogens is 639 g/mol. The molecule has 0 spiro atoms. The number of anilines is 3. The molecule has 0 saturated heterocycles. The SMILES string of the molecule is C1=C(c2cc(N(c3ccccc3)c3ccc(-c4ccc5ccccc5c4)cc3)ccc2-c2cccc3c2ccc2c4ccccc4ccc32)CCCC1. The van der Waals surface area contributed by atoms with Crippen LogP contribution in [0.25, 0.3) is 70.9 Å². The van der Waals surface area contributed by atoms with Crippen LogP contribution in [-0.4, -0.2) is 0 Å². The Morgan fingerprint density at radius 3 is 1.83 bits per heavy atom. The van der Waals surface area contributed by atoms with Gasteiger partial charge in [0.25, 0.3) is 0 Å². The van der Waals surface area contributed by atoms with Gasteiger partial charge in [0.2, 0.25) is 0 Å². The molecule has 53 heavy (non-hydrogen) atoms. The van der Waals surface area contributed by atoms with Gasteiger partial charge >= 0.3 is 0 Å². The zero-order chi connectivity index (χ0) is 35.1. The Kier molecular flexibility index (Phi) is 7.84. The lowest BCUT2D eigenvalue weighted by molar-refractivity contribution is 0.742. The molecule has 1 aliphatic rings. The van der Waals surface area contributed by atoms with Crippen molar-refractivity contribution in [1.82, 2.24) is 0 Å². The van der Waals surface area contributed by atoms with Crippen LogP contribution in [0.4, 0.5) is 17.1 Å². The molecule has 9 aromatic carbocycles. The molecule has 1 aliphatic carbocycles. The third kappa shape index (κ3) is 5.66. The van der Waals surface area contributed by atoms with Crippen molar-refractivity contribution in [3.63, 3.8) is 0 Å². The fraction of sp³-hybridized carbons (Fsp3) is 0.0769. The predicted octanol–water partition coefficient (Wildman–Crippen LogP) is 15.1. The molecular formula is C52H39N. The molecule has 0 aliphatic heterocycles. The fourth-order valence-corrected chi connectivity index (χ4v) is 8.54. The summed E-state index contributed by atoms with van der Waals surface area (Å²) < 4.78 is 0. The molecule has 0 unspecified atom stereocenters. The van der Waals surface area contributed by atoms with Gasteiger partial charge in [0.1, 0.15) is 0 Å². The second kappa shape index (κ2) is 13.3. The minimum Gasteiger partial charge on any atom is -0.310 e. The number of hydrogen-bond acceptors (Lipinski definition) is 1. The van der Waals surface area contributed by atoms with E-state index >= 15 is 0 Å². The Bertz CT molecular complexity index is 2830. The van der Waals surface area contributed by atoms with E-state index in [-0.39, 0.29) is 0 Å². The van der Waals surface area contributed by atoms with Crippen LogP contribution in [0.3, 0.4) is 0 Å². The van der Waals surface area contributed by atoms with E-state index in [1.54, 1.807) is 0 Å². The molecule has 9 aromatic rings. The normalized spacial score (nSPS) is 13.1. The van der Waals surface area contributed by atoms with Crippen molar-refractivity contribution < 1.29 is 0 Å². The Balaban J connectivity index is 1.11. The van der Waals surface area contributed by atoms with Gasteiger partial charge in [0.05, 0.1) is 0 Å². The number of nitrogens with zero attached hydrogens (tertiary/aromatic N) is 1. The molecule has 1 heteroatoms. The molecule has 1 nitrogen and oxygen atoms in total.